The molecule has 1 unspecified atom stereocenters. The maximum absolute atomic E-state index is 6.69. The van der Waals surface area contributed by atoms with Gasteiger partial charge in [0.15, 0.2) is 0 Å². The van der Waals surface area contributed by atoms with Gasteiger partial charge in [0, 0.05) is 5.92 Å². The van der Waals surface area contributed by atoms with Crippen molar-refractivity contribution < 1.29 is 14.2 Å². The Balaban J connectivity index is 5.74. The molecule has 0 aliphatic heterocycles. The standard InChI is InChI=1S/C26H54O3/c1-12-14-16-17-18-19-21-22(20-15-13-2)26(27-23(3,4)5,28-24(6,7)8)29-25(9,10)11/h22H,12-21H2,1-11H3. The molecule has 0 heterocycles. The van der Waals surface area contributed by atoms with Gasteiger partial charge in [-0.3, -0.25) is 0 Å². The number of hydrogen-bond donors (Lipinski definition) is 0. The monoisotopic (exact) mass is 414 g/mol. The van der Waals surface area contributed by atoms with Crippen molar-refractivity contribution in [2.75, 3.05) is 0 Å². The Morgan fingerprint density at radius 1 is 0.483 bits per heavy atom. The van der Waals surface area contributed by atoms with Crippen molar-refractivity contribution in [3.05, 3.63) is 0 Å². The lowest BCUT2D eigenvalue weighted by molar-refractivity contribution is -0.468. The van der Waals surface area contributed by atoms with Crippen molar-refractivity contribution in [3.8, 4) is 0 Å². The molecule has 29 heavy (non-hydrogen) atoms. The molecule has 1 atom stereocenters. The van der Waals surface area contributed by atoms with Gasteiger partial charge in [-0.2, -0.15) is 0 Å². The van der Waals surface area contributed by atoms with Crippen LogP contribution in [-0.2, 0) is 14.2 Å². The number of hydrogen-bond acceptors (Lipinski definition) is 3. The third kappa shape index (κ3) is 14.5. The zero-order chi connectivity index (χ0) is 22.8. The fraction of sp³-hybridized carbons (Fsp3) is 1.00. The summed E-state index contributed by atoms with van der Waals surface area (Å²) in [4.78, 5) is 0. The molecule has 0 N–H and O–H groups in total. The van der Waals surface area contributed by atoms with Gasteiger partial charge in [-0.25, -0.2) is 0 Å². The van der Waals surface area contributed by atoms with E-state index in [4.69, 9.17) is 14.2 Å². The lowest BCUT2D eigenvalue weighted by atomic mass is 9.91. The lowest BCUT2D eigenvalue weighted by Gasteiger charge is -2.49. The van der Waals surface area contributed by atoms with Crippen LogP contribution in [0.25, 0.3) is 0 Å². The maximum Gasteiger partial charge on any atom is 0.287 e. The second-order valence-corrected chi connectivity index (χ2v) is 11.6. The fourth-order valence-electron chi connectivity index (χ4n) is 3.71. The molecule has 0 spiro atoms. The Hall–Kier alpha value is -0.120. The molecule has 0 rings (SSSR count). The first-order valence-electron chi connectivity index (χ1n) is 12.2. The van der Waals surface area contributed by atoms with Crippen molar-refractivity contribution in [3.63, 3.8) is 0 Å². The summed E-state index contributed by atoms with van der Waals surface area (Å²) in [5.74, 6) is -0.820. The van der Waals surface area contributed by atoms with E-state index in [2.05, 4.69) is 76.2 Å². The van der Waals surface area contributed by atoms with Crippen molar-refractivity contribution in [1.29, 1.82) is 0 Å². The van der Waals surface area contributed by atoms with Crippen molar-refractivity contribution >= 4 is 0 Å². The molecule has 0 saturated carbocycles. The van der Waals surface area contributed by atoms with Crippen LogP contribution >= 0.6 is 0 Å². The summed E-state index contributed by atoms with van der Waals surface area (Å²) >= 11 is 0. The van der Waals surface area contributed by atoms with Crippen LogP contribution in [0.15, 0.2) is 0 Å². The third-order valence-electron chi connectivity index (χ3n) is 4.66. The first-order chi connectivity index (χ1) is 13.1. The van der Waals surface area contributed by atoms with E-state index in [0.717, 1.165) is 19.3 Å². The van der Waals surface area contributed by atoms with E-state index >= 15 is 0 Å². The summed E-state index contributed by atoms with van der Waals surface area (Å²) in [5.41, 5.74) is -1.08. The minimum Gasteiger partial charge on any atom is -0.321 e. The second-order valence-electron chi connectivity index (χ2n) is 11.6. The summed E-state index contributed by atoms with van der Waals surface area (Å²) in [7, 11) is 0. The minimum absolute atomic E-state index is 0.214. The van der Waals surface area contributed by atoms with E-state index in [1.165, 1.54) is 44.9 Å². The van der Waals surface area contributed by atoms with Gasteiger partial charge in [0.2, 0.25) is 0 Å². The average molecular weight is 415 g/mol. The Labute approximate surface area is 183 Å². The largest absolute Gasteiger partial charge is 0.321 e. The molecule has 0 fully saturated rings. The lowest BCUT2D eigenvalue weighted by Crippen LogP contribution is -2.56. The molecular weight excluding hydrogens is 360 g/mol. The van der Waals surface area contributed by atoms with Gasteiger partial charge < -0.3 is 14.2 Å². The molecule has 0 aromatic heterocycles. The Kier molecular flexibility index (Phi) is 12.6. The molecular formula is C26H54O3. The topological polar surface area (TPSA) is 27.7 Å². The molecule has 0 aliphatic rings. The van der Waals surface area contributed by atoms with Crippen LogP contribution in [0, 0.1) is 5.92 Å². The molecule has 0 amide bonds. The van der Waals surface area contributed by atoms with E-state index < -0.39 is 5.97 Å². The normalized spacial score (nSPS) is 15.0. The molecule has 176 valence electrons. The highest BCUT2D eigenvalue weighted by atomic mass is 16.9. The van der Waals surface area contributed by atoms with Gasteiger partial charge in [0.1, 0.15) is 0 Å². The first-order valence-corrected chi connectivity index (χ1v) is 12.2. The predicted octanol–water partition coefficient (Wildman–Crippen LogP) is 8.64. The smallest absolute Gasteiger partial charge is 0.287 e. The minimum atomic E-state index is -1.03. The van der Waals surface area contributed by atoms with Crippen molar-refractivity contribution in [2.45, 2.75) is 163 Å². The van der Waals surface area contributed by atoms with Crippen LogP contribution in [0.4, 0.5) is 0 Å². The van der Waals surface area contributed by atoms with Gasteiger partial charge in [0.25, 0.3) is 5.97 Å². The van der Waals surface area contributed by atoms with Gasteiger partial charge in [-0.15, -0.1) is 0 Å². The molecule has 0 bridgehead atoms. The van der Waals surface area contributed by atoms with Gasteiger partial charge in [-0.05, 0) is 75.2 Å². The summed E-state index contributed by atoms with van der Waals surface area (Å²) < 4.78 is 20.1. The zero-order valence-corrected chi connectivity index (χ0v) is 21.9. The van der Waals surface area contributed by atoms with Gasteiger partial charge >= 0.3 is 0 Å². The van der Waals surface area contributed by atoms with Crippen LogP contribution < -0.4 is 0 Å². The molecule has 3 nitrogen and oxygen atoms in total. The highest BCUT2D eigenvalue weighted by Gasteiger charge is 2.49. The number of ether oxygens (including phenoxy) is 3. The van der Waals surface area contributed by atoms with Crippen LogP contribution in [0.3, 0.4) is 0 Å². The SMILES string of the molecule is CCCCCCCCC(CCCC)C(OC(C)(C)C)(OC(C)(C)C)OC(C)(C)C. The summed E-state index contributed by atoms with van der Waals surface area (Å²) in [6.45, 7) is 23.4. The van der Waals surface area contributed by atoms with Crippen molar-refractivity contribution in [2.24, 2.45) is 5.92 Å². The highest BCUT2D eigenvalue weighted by Crippen LogP contribution is 2.42. The van der Waals surface area contributed by atoms with E-state index in [-0.39, 0.29) is 22.7 Å². The second kappa shape index (κ2) is 12.7. The van der Waals surface area contributed by atoms with E-state index in [1.807, 2.05) is 0 Å². The fourth-order valence-corrected chi connectivity index (χ4v) is 3.71. The van der Waals surface area contributed by atoms with Crippen molar-refractivity contribution in [1.82, 2.24) is 0 Å². The van der Waals surface area contributed by atoms with Crippen LogP contribution in [0.5, 0.6) is 0 Å². The van der Waals surface area contributed by atoms with Crippen LogP contribution in [-0.4, -0.2) is 22.8 Å². The molecule has 0 aliphatic carbocycles. The van der Waals surface area contributed by atoms with E-state index in [1.54, 1.807) is 0 Å². The number of rotatable bonds is 14. The number of unbranched alkanes of at least 4 members (excludes halogenated alkanes) is 6. The van der Waals surface area contributed by atoms with Crippen LogP contribution in [0.2, 0.25) is 0 Å². The predicted molar refractivity (Wildman–Crippen MR) is 126 cm³/mol. The molecule has 0 aromatic carbocycles. The van der Waals surface area contributed by atoms with Gasteiger partial charge in [-0.1, -0.05) is 65.2 Å². The van der Waals surface area contributed by atoms with E-state index in [9.17, 15) is 0 Å². The maximum atomic E-state index is 6.69. The van der Waals surface area contributed by atoms with Gasteiger partial charge in [0.05, 0.1) is 16.8 Å². The Bertz CT molecular complexity index is 368. The summed E-state index contributed by atoms with van der Waals surface area (Å²) in [5, 5.41) is 0. The molecule has 0 radical (unpaired) electrons. The quantitative estimate of drug-likeness (QED) is 0.210. The first kappa shape index (κ1) is 28.9. The third-order valence-corrected chi connectivity index (χ3v) is 4.66. The molecule has 0 aromatic rings. The highest BCUT2D eigenvalue weighted by molar-refractivity contribution is 4.82. The summed E-state index contributed by atoms with van der Waals surface area (Å²) in [6.07, 6.45) is 12.3. The average Bonchev–Trinajstić information content (AvgIpc) is 2.48. The van der Waals surface area contributed by atoms with E-state index in [0.29, 0.717) is 0 Å². The van der Waals surface area contributed by atoms with Crippen LogP contribution in [0.1, 0.15) is 140 Å². The Morgan fingerprint density at radius 2 is 0.828 bits per heavy atom. The summed E-state index contributed by atoms with van der Waals surface area (Å²) in [6, 6.07) is 0. The zero-order valence-electron chi connectivity index (χ0n) is 21.9. The molecule has 3 heteroatoms. The molecule has 0 saturated heterocycles. The Morgan fingerprint density at radius 3 is 1.21 bits per heavy atom.